The highest BCUT2D eigenvalue weighted by atomic mass is 31.2. The van der Waals surface area contributed by atoms with Crippen LogP contribution in [0.15, 0.2) is 24.3 Å². The Bertz CT molecular complexity index is 989. The molecule has 0 rings (SSSR count). The first-order valence-corrected chi connectivity index (χ1v) is 21.9. The van der Waals surface area contributed by atoms with Crippen LogP contribution < -0.4 is 5.73 Å². The minimum Gasteiger partial charge on any atom is -0.480 e. The van der Waals surface area contributed by atoms with E-state index in [-0.39, 0.29) is 19.4 Å². The maximum absolute atomic E-state index is 12.6. The summed E-state index contributed by atoms with van der Waals surface area (Å²) >= 11 is 0. The summed E-state index contributed by atoms with van der Waals surface area (Å²) in [7, 11) is -4.71. The van der Waals surface area contributed by atoms with E-state index in [0.29, 0.717) is 12.8 Å². The van der Waals surface area contributed by atoms with Gasteiger partial charge < -0.3 is 25.2 Å². The van der Waals surface area contributed by atoms with E-state index in [0.717, 1.165) is 51.4 Å². The first-order valence-electron chi connectivity index (χ1n) is 20.4. The molecule has 0 saturated heterocycles. The number of allylic oxidation sites excluding steroid dienone is 4. The predicted molar refractivity (Wildman–Crippen MR) is 208 cm³/mol. The number of carboxylic acid groups (broad SMARTS) is 1. The average Bonchev–Trinajstić information content (AvgIpc) is 3.12. The zero-order valence-corrected chi connectivity index (χ0v) is 33.5. The van der Waals surface area contributed by atoms with Crippen molar-refractivity contribution in [2.75, 3.05) is 19.8 Å². The second-order valence-electron chi connectivity index (χ2n) is 13.8. The summed E-state index contributed by atoms with van der Waals surface area (Å²) in [6.07, 6.45) is 35.3. The van der Waals surface area contributed by atoms with Crippen molar-refractivity contribution in [3.05, 3.63) is 24.3 Å². The van der Waals surface area contributed by atoms with Crippen molar-refractivity contribution in [2.24, 2.45) is 5.73 Å². The molecule has 52 heavy (non-hydrogen) atoms. The molecular weight excluding hydrogens is 685 g/mol. The van der Waals surface area contributed by atoms with Crippen molar-refractivity contribution in [3.63, 3.8) is 0 Å². The average molecular weight is 760 g/mol. The van der Waals surface area contributed by atoms with Crippen LogP contribution >= 0.6 is 7.82 Å². The normalized spacial score (nSPS) is 14.1. The minimum absolute atomic E-state index is 0.162. The third-order valence-electron chi connectivity index (χ3n) is 8.70. The van der Waals surface area contributed by atoms with Crippen molar-refractivity contribution in [1.82, 2.24) is 0 Å². The predicted octanol–water partition coefficient (Wildman–Crippen LogP) is 10.3. The molecule has 0 radical (unpaired) electrons. The maximum atomic E-state index is 12.6. The standard InChI is InChI=1S/C40H74NO10P/c1-3-5-7-9-11-13-15-16-17-18-19-20-22-23-25-27-29-31-38(42)48-33-36(34-49-52(46,47)50-35-37(41)40(44)45)51-39(43)32-30-28-26-24-21-14-12-10-8-6-4-2/h11,13,16-17,36-37H,3-10,12,14-15,18-35,41H2,1-2H3,(H,44,45)(H,46,47)/b13-11+,17-16+/t36-,37+/m0/s1. The molecular formula is C40H74NO10P. The first-order chi connectivity index (χ1) is 25.1. The Labute approximate surface area is 315 Å². The van der Waals surface area contributed by atoms with Crippen LogP contribution in [0.5, 0.6) is 0 Å². The van der Waals surface area contributed by atoms with E-state index < -0.39 is 51.1 Å². The van der Waals surface area contributed by atoms with Crippen LogP contribution in [0.3, 0.4) is 0 Å². The number of hydrogen-bond acceptors (Lipinski definition) is 9. The largest absolute Gasteiger partial charge is 0.480 e. The molecule has 1 unspecified atom stereocenters. The smallest absolute Gasteiger partial charge is 0.472 e. The molecule has 4 N–H and O–H groups in total. The third-order valence-corrected chi connectivity index (χ3v) is 9.65. The number of phosphoric acid groups is 1. The number of hydrogen-bond donors (Lipinski definition) is 3. The monoisotopic (exact) mass is 760 g/mol. The number of nitrogens with two attached hydrogens (primary N) is 1. The number of carbonyl (C=O) groups is 3. The van der Waals surface area contributed by atoms with Gasteiger partial charge in [0.05, 0.1) is 13.2 Å². The number of phosphoric ester groups is 1. The zero-order chi connectivity index (χ0) is 38.5. The van der Waals surface area contributed by atoms with Gasteiger partial charge in [0.15, 0.2) is 6.10 Å². The highest BCUT2D eigenvalue weighted by Gasteiger charge is 2.28. The Kier molecular flexibility index (Phi) is 34.6. The zero-order valence-electron chi connectivity index (χ0n) is 32.7. The van der Waals surface area contributed by atoms with E-state index in [1.807, 2.05) is 0 Å². The number of aliphatic carboxylic acids is 1. The van der Waals surface area contributed by atoms with Crippen LogP contribution in [0.2, 0.25) is 0 Å². The molecule has 11 nitrogen and oxygen atoms in total. The molecule has 0 amide bonds. The summed E-state index contributed by atoms with van der Waals surface area (Å²) in [5.41, 5.74) is 5.32. The molecule has 0 heterocycles. The molecule has 12 heteroatoms. The SMILES string of the molecule is CCCCC/C=C/C/C=C/CCCCCCCCCC(=O)OC[C@@H](COP(=O)(O)OC[C@@H](N)C(=O)O)OC(=O)CCCCCCCCCCCCC. The Morgan fingerprint density at radius 2 is 1.02 bits per heavy atom. The lowest BCUT2D eigenvalue weighted by Gasteiger charge is -2.20. The maximum Gasteiger partial charge on any atom is 0.472 e. The molecule has 304 valence electrons. The van der Waals surface area contributed by atoms with Gasteiger partial charge >= 0.3 is 25.7 Å². The summed E-state index contributed by atoms with van der Waals surface area (Å²) in [6, 6.07) is -1.52. The van der Waals surface area contributed by atoms with E-state index in [4.69, 9.17) is 24.8 Å². The number of ether oxygens (including phenoxy) is 2. The van der Waals surface area contributed by atoms with Crippen LogP contribution in [0, 0.1) is 0 Å². The van der Waals surface area contributed by atoms with Crippen LogP contribution in [0.4, 0.5) is 0 Å². The van der Waals surface area contributed by atoms with Crippen molar-refractivity contribution >= 4 is 25.7 Å². The fourth-order valence-electron chi connectivity index (χ4n) is 5.45. The molecule has 0 fully saturated rings. The quantitative estimate of drug-likeness (QED) is 0.0237. The van der Waals surface area contributed by atoms with Gasteiger partial charge in [-0.25, -0.2) is 4.57 Å². The van der Waals surface area contributed by atoms with E-state index in [1.165, 1.54) is 89.9 Å². The molecule has 0 aliphatic rings. The molecule has 0 spiro atoms. The van der Waals surface area contributed by atoms with Gasteiger partial charge in [-0.2, -0.15) is 0 Å². The number of carboxylic acids is 1. The highest BCUT2D eigenvalue weighted by Crippen LogP contribution is 2.43. The van der Waals surface area contributed by atoms with Gasteiger partial charge in [-0.05, 0) is 44.9 Å². The summed E-state index contributed by atoms with van der Waals surface area (Å²) in [5.74, 6) is -2.38. The molecule has 0 aromatic heterocycles. The molecule has 0 aromatic carbocycles. The summed E-state index contributed by atoms with van der Waals surface area (Å²) in [6.45, 7) is 2.75. The minimum atomic E-state index is -4.71. The molecule has 0 aliphatic carbocycles. The Hall–Kier alpha value is -2.04. The second kappa shape index (κ2) is 36.0. The van der Waals surface area contributed by atoms with E-state index in [2.05, 4.69) is 42.7 Å². The third kappa shape index (κ3) is 35.0. The van der Waals surface area contributed by atoms with E-state index in [9.17, 15) is 23.8 Å². The topological polar surface area (TPSA) is 172 Å². The molecule has 3 atom stereocenters. The van der Waals surface area contributed by atoms with Crippen molar-refractivity contribution in [2.45, 2.75) is 193 Å². The van der Waals surface area contributed by atoms with Gasteiger partial charge in [0, 0.05) is 12.8 Å². The Balaban J connectivity index is 4.37. The number of esters is 2. The first kappa shape index (κ1) is 50.0. The second-order valence-corrected chi connectivity index (χ2v) is 15.2. The van der Waals surface area contributed by atoms with Crippen LogP contribution in [0.25, 0.3) is 0 Å². The molecule has 0 aliphatic heterocycles. The van der Waals surface area contributed by atoms with Gasteiger partial charge in [0.1, 0.15) is 12.6 Å². The van der Waals surface area contributed by atoms with Crippen molar-refractivity contribution in [3.8, 4) is 0 Å². The highest BCUT2D eigenvalue weighted by molar-refractivity contribution is 7.47. The Morgan fingerprint density at radius 3 is 1.54 bits per heavy atom. The lowest BCUT2D eigenvalue weighted by molar-refractivity contribution is -0.161. The molecule has 0 aromatic rings. The van der Waals surface area contributed by atoms with Crippen LogP contribution in [-0.4, -0.2) is 59.9 Å². The van der Waals surface area contributed by atoms with Gasteiger partial charge in [-0.15, -0.1) is 0 Å². The van der Waals surface area contributed by atoms with Gasteiger partial charge in [0.2, 0.25) is 0 Å². The van der Waals surface area contributed by atoms with Gasteiger partial charge in [0.25, 0.3) is 0 Å². The van der Waals surface area contributed by atoms with Crippen molar-refractivity contribution < 1.29 is 47.5 Å². The number of carbonyl (C=O) groups excluding carboxylic acids is 2. The lowest BCUT2D eigenvalue weighted by Crippen LogP contribution is -2.34. The summed E-state index contributed by atoms with van der Waals surface area (Å²) in [5, 5.41) is 8.86. The fourth-order valence-corrected chi connectivity index (χ4v) is 6.23. The number of rotatable bonds is 38. The summed E-state index contributed by atoms with van der Waals surface area (Å²) < 4.78 is 32.6. The van der Waals surface area contributed by atoms with Gasteiger partial charge in [-0.1, -0.05) is 147 Å². The summed E-state index contributed by atoms with van der Waals surface area (Å²) in [4.78, 5) is 45.8. The van der Waals surface area contributed by atoms with Crippen molar-refractivity contribution in [1.29, 1.82) is 0 Å². The van der Waals surface area contributed by atoms with E-state index in [1.54, 1.807) is 0 Å². The molecule has 0 bridgehead atoms. The lowest BCUT2D eigenvalue weighted by atomic mass is 10.1. The Morgan fingerprint density at radius 1 is 0.596 bits per heavy atom. The number of unbranched alkanes of at least 4 members (excludes halogenated alkanes) is 20. The van der Waals surface area contributed by atoms with Gasteiger partial charge in [-0.3, -0.25) is 23.4 Å². The van der Waals surface area contributed by atoms with Crippen LogP contribution in [-0.2, 0) is 37.5 Å². The van der Waals surface area contributed by atoms with E-state index >= 15 is 0 Å². The van der Waals surface area contributed by atoms with Crippen LogP contribution in [0.1, 0.15) is 181 Å². The fraction of sp³-hybridized carbons (Fsp3) is 0.825. The molecule has 0 saturated carbocycles.